The van der Waals surface area contributed by atoms with Gasteiger partial charge in [-0.15, -0.1) is 0 Å². The van der Waals surface area contributed by atoms with Crippen LogP contribution in [-0.4, -0.2) is 11.1 Å². The van der Waals surface area contributed by atoms with Gasteiger partial charge in [0.1, 0.15) is 0 Å². The molecule has 0 aromatic heterocycles. The Morgan fingerprint density at radius 3 is 2.20 bits per heavy atom. The Labute approximate surface area is 116 Å². The Morgan fingerprint density at radius 1 is 0.800 bits per heavy atom. The molecule has 0 heterocycles. The van der Waals surface area contributed by atoms with Gasteiger partial charge in [0.25, 0.3) is 5.91 Å². The normalized spacial score (nSPS) is 10.4. The summed E-state index contributed by atoms with van der Waals surface area (Å²) in [7, 11) is 0. The zero-order valence-electron chi connectivity index (χ0n) is 10.7. The van der Waals surface area contributed by atoms with Gasteiger partial charge in [-0.1, -0.05) is 48.5 Å². The fraction of sp³-hybridized carbons (Fsp3) is 0. The van der Waals surface area contributed by atoms with E-state index in [2.05, 4.69) is 0 Å². The molecule has 0 aliphatic carbocycles. The van der Waals surface area contributed by atoms with E-state index in [1.54, 1.807) is 36.4 Å². The Balaban J connectivity index is 1.96. The summed E-state index contributed by atoms with van der Waals surface area (Å²) >= 11 is 0. The number of nitrogens with zero attached hydrogens (tertiary/aromatic N) is 1. The summed E-state index contributed by atoms with van der Waals surface area (Å²) in [5.74, 6) is -0.443. The van der Waals surface area contributed by atoms with Crippen molar-refractivity contribution in [2.75, 3.05) is 5.06 Å². The third-order valence-electron chi connectivity index (χ3n) is 3.19. The predicted molar refractivity (Wildman–Crippen MR) is 79.0 cm³/mol. The zero-order valence-corrected chi connectivity index (χ0v) is 10.7. The molecule has 0 saturated carbocycles. The molecule has 3 aromatic carbocycles. The second-order valence-electron chi connectivity index (χ2n) is 4.51. The van der Waals surface area contributed by atoms with E-state index in [9.17, 15) is 10.0 Å². The van der Waals surface area contributed by atoms with Crippen molar-refractivity contribution in [2.45, 2.75) is 0 Å². The highest BCUT2D eigenvalue weighted by Crippen LogP contribution is 2.19. The number of amides is 1. The molecule has 3 rings (SSSR count). The number of rotatable bonds is 2. The Morgan fingerprint density at radius 2 is 1.45 bits per heavy atom. The van der Waals surface area contributed by atoms with E-state index < -0.39 is 5.91 Å². The molecular formula is C17H13NO2. The minimum Gasteiger partial charge on any atom is -0.281 e. The molecule has 98 valence electrons. The second-order valence-corrected chi connectivity index (χ2v) is 4.51. The highest BCUT2D eigenvalue weighted by Gasteiger charge is 2.15. The molecule has 0 saturated heterocycles. The van der Waals surface area contributed by atoms with Crippen LogP contribution in [-0.2, 0) is 0 Å². The van der Waals surface area contributed by atoms with E-state index in [4.69, 9.17) is 0 Å². The van der Waals surface area contributed by atoms with Crippen LogP contribution in [0.15, 0.2) is 72.8 Å². The SMILES string of the molecule is O=C(c1ccc2ccccc2c1)N(O)c1ccccc1. The molecule has 0 aliphatic heterocycles. The lowest BCUT2D eigenvalue weighted by Crippen LogP contribution is -2.26. The van der Waals surface area contributed by atoms with Crippen LogP contribution >= 0.6 is 0 Å². The first-order valence-corrected chi connectivity index (χ1v) is 6.33. The third-order valence-corrected chi connectivity index (χ3v) is 3.19. The van der Waals surface area contributed by atoms with Gasteiger partial charge in [0.15, 0.2) is 0 Å². The van der Waals surface area contributed by atoms with Gasteiger partial charge >= 0.3 is 0 Å². The summed E-state index contributed by atoms with van der Waals surface area (Å²) in [6.07, 6.45) is 0. The summed E-state index contributed by atoms with van der Waals surface area (Å²) in [6.45, 7) is 0. The third kappa shape index (κ3) is 2.27. The van der Waals surface area contributed by atoms with Crippen LogP contribution in [0.25, 0.3) is 10.8 Å². The molecule has 3 heteroatoms. The number of anilines is 1. The molecule has 0 unspecified atom stereocenters. The number of hydrogen-bond acceptors (Lipinski definition) is 2. The smallest absolute Gasteiger partial charge is 0.281 e. The lowest BCUT2D eigenvalue weighted by molar-refractivity contribution is 0.0855. The lowest BCUT2D eigenvalue weighted by Gasteiger charge is -2.15. The summed E-state index contributed by atoms with van der Waals surface area (Å²) in [6, 6.07) is 21.9. The van der Waals surface area contributed by atoms with Crippen LogP contribution in [0, 0.1) is 0 Å². The summed E-state index contributed by atoms with van der Waals surface area (Å²) in [4.78, 5) is 12.3. The van der Waals surface area contributed by atoms with Crippen molar-refractivity contribution >= 4 is 22.4 Å². The number of carbonyl (C=O) groups is 1. The van der Waals surface area contributed by atoms with Gasteiger partial charge in [0, 0.05) is 5.56 Å². The van der Waals surface area contributed by atoms with E-state index in [0.717, 1.165) is 10.8 Å². The van der Waals surface area contributed by atoms with Crippen molar-refractivity contribution in [3.05, 3.63) is 78.4 Å². The van der Waals surface area contributed by atoms with E-state index in [1.807, 2.05) is 36.4 Å². The van der Waals surface area contributed by atoms with Crippen LogP contribution < -0.4 is 5.06 Å². The van der Waals surface area contributed by atoms with Crippen LogP contribution in [0.5, 0.6) is 0 Å². The van der Waals surface area contributed by atoms with E-state index in [1.165, 1.54) is 0 Å². The average Bonchev–Trinajstić information content (AvgIpc) is 2.54. The molecule has 0 bridgehead atoms. The molecule has 0 atom stereocenters. The van der Waals surface area contributed by atoms with E-state index in [0.29, 0.717) is 16.3 Å². The quantitative estimate of drug-likeness (QED) is 0.563. The van der Waals surface area contributed by atoms with Gasteiger partial charge in [0.2, 0.25) is 0 Å². The molecule has 20 heavy (non-hydrogen) atoms. The van der Waals surface area contributed by atoms with E-state index >= 15 is 0 Å². The maximum absolute atomic E-state index is 12.3. The van der Waals surface area contributed by atoms with Crippen molar-refractivity contribution in [2.24, 2.45) is 0 Å². The molecule has 0 spiro atoms. The van der Waals surface area contributed by atoms with Crippen LogP contribution in [0.2, 0.25) is 0 Å². The highest BCUT2D eigenvalue weighted by molar-refractivity contribution is 6.06. The Hall–Kier alpha value is -2.65. The minimum atomic E-state index is -0.443. The van der Waals surface area contributed by atoms with Crippen molar-refractivity contribution in [3.8, 4) is 0 Å². The Kier molecular flexibility index (Phi) is 3.19. The number of carbonyl (C=O) groups excluding carboxylic acids is 1. The fourth-order valence-corrected chi connectivity index (χ4v) is 2.13. The first-order chi connectivity index (χ1) is 9.75. The number of hydrogen-bond donors (Lipinski definition) is 1. The van der Waals surface area contributed by atoms with Gasteiger partial charge in [-0.3, -0.25) is 10.0 Å². The molecular weight excluding hydrogens is 250 g/mol. The number of benzene rings is 3. The maximum Gasteiger partial charge on any atom is 0.282 e. The summed E-state index contributed by atoms with van der Waals surface area (Å²) < 4.78 is 0. The van der Waals surface area contributed by atoms with Crippen molar-refractivity contribution in [1.29, 1.82) is 0 Å². The molecule has 0 radical (unpaired) electrons. The average molecular weight is 263 g/mol. The number of para-hydroxylation sites is 1. The lowest BCUT2D eigenvalue weighted by atomic mass is 10.1. The molecule has 0 fully saturated rings. The van der Waals surface area contributed by atoms with Crippen molar-refractivity contribution in [3.63, 3.8) is 0 Å². The first kappa shape index (κ1) is 12.4. The zero-order chi connectivity index (χ0) is 13.9. The first-order valence-electron chi connectivity index (χ1n) is 6.33. The molecule has 3 nitrogen and oxygen atoms in total. The van der Waals surface area contributed by atoms with Crippen molar-refractivity contribution in [1.82, 2.24) is 0 Å². The molecule has 1 amide bonds. The largest absolute Gasteiger partial charge is 0.282 e. The molecule has 1 N–H and O–H groups in total. The van der Waals surface area contributed by atoms with Crippen LogP contribution in [0.4, 0.5) is 5.69 Å². The summed E-state index contributed by atoms with van der Waals surface area (Å²) in [5, 5.41) is 12.7. The van der Waals surface area contributed by atoms with Gasteiger partial charge in [-0.2, -0.15) is 5.06 Å². The minimum absolute atomic E-state index is 0.443. The molecule has 0 aliphatic rings. The van der Waals surface area contributed by atoms with Gasteiger partial charge in [-0.05, 0) is 35.0 Å². The highest BCUT2D eigenvalue weighted by atomic mass is 16.5. The number of hydroxylamine groups is 1. The topological polar surface area (TPSA) is 40.5 Å². The monoisotopic (exact) mass is 263 g/mol. The van der Waals surface area contributed by atoms with Crippen LogP contribution in [0.1, 0.15) is 10.4 Å². The standard InChI is InChI=1S/C17H13NO2/c19-17(18(20)16-8-2-1-3-9-16)15-11-10-13-6-4-5-7-14(13)12-15/h1-12,20H. The second kappa shape index (κ2) is 5.15. The predicted octanol–water partition coefficient (Wildman–Crippen LogP) is 3.88. The fourth-order valence-electron chi connectivity index (χ4n) is 2.13. The maximum atomic E-state index is 12.3. The van der Waals surface area contributed by atoms with Gasteiger partial charge < -0.3 is 0 Å². The van der Waals surface area contributed by atoms with Crippen molar-refractivity contribution < 1.29 is 10.0 Å². The van der Waals surface area contributed by atoms with Crippen LogP contribution in [0.3, 0.4) is 0 Å². The van der Waals surface area contributed by atoms with Gasteiger partial charge in [-0.25, -0.2) is 0 Å². The van der Waals surface area contributed by atoms with E-state index in [-0.39, 0.29) is 0 Å². The number of fused-ring (bicyclic) bond motifs is 1. The van der Waals surface area contributed by atoms with Gasteiger partial charge in [0.05, 0.1) is 5.69 Å². The Bertz CT molecular complexity index is 753. The summed E-state index contributed by atoms with van der Waals surface area (Å²) in [5.41, 5.74) is 0.903. The molecule has 3 aromatic rings.